The highest BCUT2D eigenvalue weighted by Gasteiger charge is 2.27. The molecule has 0 amide bonds. The Hall–Kier alpha value is -2.87. The van der Waals surface area contributed by atoms with Crippen molar-refractivity contribution < 1.29 is 9.57 Å². The van der Waals surface area contributed by atoms with Gasteiger partial charge in [0, 0.05) is 48.9 Å². The summed E-state index contributed by atoms with van der Waals surface area (Å²) in [6, 6.07) is 1.94. The molecule has 0 N–H and O–H groups in total. The Morgan fingerprint density at radius 3 is 2.94 bits per heavy atom. The lowest BCUT2D eigenvalue weighted by molar-refractivity contribution is 0.0281. The van der Waals surface area contributed by atoms with E-state index in [1.165, 1.54) is 5.01 Å². The number of thiazole rings is 1. The molecule has 4 heterocycles. The van der Waals surface area contributed by atoms with Crippen LogP contribution in [0.3, 0.4) is 0 Å². The van der Waals surface area contributed by atoms with E-state index >= 15 is 0 Å². The molecule has 2 aliphatic heterocycles. The molecule has 0 saturated carbocycles. The summed E-state index contributed by atoms with van der Waals surface area (Å²) in [7, 11) is 0. The molecule has 1 saturated heterocycles. The molecule has 2 aromatic rings. The molecule has 0 radical (unpaired) electrons. The van der Waals surface area contributed by atoms with Gasteiger partial charge in [0.05, 0.1) is 17.2 Å². The first-order chi connectivity index (χ1) is 15.1. The molecule has 2 aromatic heterocycles. The number of oxime groups is 1. The lowest BCUT2D eigenvalue weighted by atomic mass is 9.97. The highest BCUT2D eigenvalue weighted by molar-refractivity contribution is 7.10. The van der Waals surface area contributed by atoms with Crippen molar-refractivity contribution in [1.29, 1.82) is 0 Å². The minimum atomic E-state index is -0.0915. The molecule has 164 valence electrons. The van der Waals surface area contributed by atoms with E-state index in [0.717, 1.165) is 49.6 Å². The van der Waals surface area contributed by atoms with Gasteiger partial charge in [0.25, 0.3) is 0 Å². The van der Waals surface area contributed by atoms with Crippen molar-refractivity contribution in [3.8, 4) is 0 Å². The minimum absolute atomic E-state index is 0.0915. The van der Waals surface area contributed by atoms with Crippen molar-refractivity contribution >= 4 is 17.0 Å². The number of ether oxygens (including phenoxy) is 1. The predicted octanol–water partition coefficient (Wildman–Crippen LogP) is 4.33. The second-order valence-electron chi connectivity index (χ2n) is 7.85. The van der Waals surface area contributed by atoms with Crippen molar-refractivity contribution in [2.75, 3.05) is 19.7 Å². The van der Waals surface area contributed by atoms with Gasteiger partial charge < -0.3 is 14.5 Å². The van der Waals surface area contributed by atoms with Crippen LogP contribution < -0.4 is 0 Å². The Morgan fingerprint density at radius 1 is 1.35 bits per heavy atom. The van der Waals surface area contributed by atoms with E-state index in [0.29, 0.717) is 24.7 Å². The smallest absolute Gasteiger partial charge is 0.167 e. The number of hydrogen-bond acceptors (Lipinski definition) is 7. The van der Waals surface area contributed by atoms with Crippen LogP contribution in [-0.4, -0.2) is 51.2 Å². The van der Waals surface area contributed by atoms with Gasteiger partial charge in [0.15, 0.2) is 6.10 Å². The molecule has 4 rings (SSSR count). The molecule has 31 heavy (non-hydrogen) atoms. The standard InChI is InChI=1S/C23H29N5O2S/c1-4-6-18(3)29-15-20-13-21(26-30-20)22-16-31-23(25-22)19-7-11-27(12-8-19)17(2)14-28-10-5-9-24-28/h4-6,9-10,16,19-20H,2-3,7-8,11-15H2,1H3/b6-4-. The van der Waals surface area contributed by atoms with Crippen molar-refractivity contribution in [2.24, 2.45) is 5.16 Å². The van der Waals surface area contributed by atoms with E-state index in [2.05, 4.69) is 33.7 Å². The summed E-state index contributed by atoms with van der Waals surface area (Å²) in [5.41, 5.74) is 2.95. The number of aromatic nitrogens is 3. The predicted molar refractivity (Wildman–Crippen MR) is 123 cm³/mol. The van der Waals surface area contributed by atoms with Crippen LogP contribution in [0.25, 0.3) is 0 Å². The van der Waals surface area contributed by atoms with Gasteiger partial charge in [-0.2, -0.15) is 5.10 Å². The van der Waals surface area contributed by atoms with Gasteiger partial charge in [-0.05, 0) is 31.9 Å². The number of allylic oxidation sites excluding steroid dienone is 3. The van der Waals surface area contributed by atoms with Crippen LogP contribution in [0.2, 0.25) is 0 Å². The first kappa shape index (κ1) is 21.4. The Bertz CT molecular complexity index is 955. The quantitative estimate of drug-likeness (QED) is 0.430. The zero-order chi connectivity index (χ0) is 21.6. The fourth-order valence-corrected chi connectivity index (χ4v) is 4.83. The van der Waals surface area contributed by atoms with Crippen LogP contribution in [0.1, 0.15) is 42.8 Å². The lowest BCUT2D eigenvalue weighted by Crippen LogP contribution is -2.33. The highest BCUT2D eigenvalue weighted by atomic mass is 32.1. The minimum Gasteiger partial charge on any atom is -0.490 e. The Kier molecular flexibility index (Phi) is 6.86. The Balaban J connectivity index is 1.25. The van der Waals surface area contributed by atoms with Gasteiger partial charge >= 0.3 is 0 Å². The molecule has 0 aromatic carbocycles. The molecule has 1 fully saturated rings. The monoisotopic (exact) mass is 439 g/mol. The van der Waals surface area contributed by atoms with Gasteiger partial charge in [-0.15, -0.1) is 11.3 Å². The van der Waals surface area contributed by atoms with E-state index in [-0.39, 0.29) is 6.10 Å². The maximum absolute atomic E-state index is 5.60. The summed E-state index contributed by atoms with van der Waals surface area (Å²) < 4.78 is 7.52. The van der Waals surface area contributed by atoms with Gasteiger partial charge in [-0.3, -0.25) is 4.68 Å². The SMILES string of the molecule is C=C(/C=C\C)OCC1CC(c2csc(C3CCN(C(=C)Cn4cccn4)CC3)n2)=NO1. The van der Waals surface area contributed by atoms with E-state index in [1.54, 1.807) is 17.5 Å². The fourth-order valence-electron chi connectivity index (χ4n) is 3.83. The highest BCUT2D eigenvalue weighted by Crippen LogP contribution is 2.32. The summed E-state index contributed by atoms with van der Waals surface area (Å²) in [5, 5.41) is 11.8. The van der Waals surface area contributed by atoms with Crippen LogP contribution in [0, 0.1) is 0 Å². The third-order valence-electron chi connectivity index (χ3n) is 5.55. The molecular formula is C23H29N5O2S. The van der Waals surface area contributed by atoms with E-state index in [1.807, 2.05) is 36.0 Å². The molecule has 1 atom stereocenters. The third-order valence-corrected chi connectivity index (χ3v) is 6.56. The first-order valence-electron chi connectivity index (χ1n) is 10.7. The number of nitrogens with zero attached hydrogens (tertiary/aromatic N) is 5. The summed E-state index contributed by atoms with van der Waals surface area (Å²) in [4.78, 5) is 12.8. The maximum atomic E-state index is 5.60. The second kappa shape index (κ2) is 9.96. The van der Waals surface area contributed by atoms with Gasteiger partial charge in [0.1, 0.15) is 18.1 Å². The molecule has 7 nitrogen and oxygen atoms in total. The normalized spacial score (nSPS) is 19.5. The zero-order valence-corrected chi connectivity index (χ0v) is 18.8. The van der Waals surface area contributed by atoms with Crippen LogP contribution in [0.15, 0.2) is 65.8 Å². The van der Waals surface area contributed by atoms with Gasteiger partial charge in [-0.25, -0.2) is 4.98 Å². The largest absolute Gasteiger partial charge is 0.490 e. The van der Waals surface area contributed by atoms with Gasteiger partial charge in [-0.1, -0.05) is 24.4 Å². The maximum Gasteiger partial charge on any atom is 0.167 e. The average Bonchev–Trinajstić information content (AvgIpc) is 3.54. The molecule has 2 aliphatic rings. The summed E-state index contributed by atoms with van der Waals surface area (Å²) in [5.74, 6) is 1.12. The van der Waals surface area contributed by atoms with E-state index in [9.17, 15) is 0 Å². The average molecular weight is 440 g/mol. The van der Waals surface area contributed by atoms with E-state index in [4.69, 9.17) is 14.6 Å². The fraction of sp³-hybridized carbons (Fsp3) is 0.435. The number of hydrogen-bond donors (Lipinski definition) is 0. The third kappa shape index (κ3) is 5.44. The molecule has 0 aliphatic carbocycles. The molecule has 1 unspecified atom stereocenters. The Morgan fingerprint density at radius 2 is 2.19 bits per heavy atom. The molecule has 8 heteroatoms. The van der Waals surface area contributed by atoms with Crippen molar-refractivity contribution in [2.45, 2.75) is 44.8 Å². The summed E-state index contributed by atoms with van der Waals surface area (Å²) in [6.45, 7) is 13.2. The van der Waals surface area contributed by atoms with Crippen molar-refractivity contribution in [3.63, 3.8) is 0 Å². The Labute approximate surface area is 187 Å². The van der Waals surface area contributed by atoms with Crippen molar-refractivity contribution in [3.05, 3.63) is 71.3 Å². The lowest BCUT2D eigenvalue weighted by Gasteiger charge is -2.34. The molecule has 0 bridgehead atoms. The van der Waals surface area contributed by atoms with Crippen LogP contribution in [0.4, 0.5) is 0 Å². The topological polar surface area (TPSA) is 64.8 Å². The van der Waals surface area contributed by atoms with Gasteiger partial charge in [0.2, 0.25) is 0 Å². The number of piperidine rings is 1. The molecular weight excluding hydrogens is 410 g/mol. The molecule has 0 spiro atoms. The number of likely N-dealkylation sites (tertiary alicyclic amines) is 1. The van der Waals surface area contributed by atoms with Crippen molar-refractivity contribution in [1.82, 2.24) is 19.7 Å². The number of rotatable bonds is 9. The van der Waals surface area contributed by atoms with Crippen LogP contribution in [-0.2, 0) is 16.1 Å². The second-order valence-corrected chi connectivity index (χ2v) is 8.74. The summed E-state index contributed by atoms with van der Waals surface area (Å²) >= 11 is 1.73. The van der Waals surface area contributed by atoms with Crippen LogP contribution >= 0.6 is 11.3 Å². The first-order valence-corrected chi connectivity index (χ1v) is 11.5. The summed E-state index contributed by atoms with van der Waals surface area (Å²) in [6.07, 6.45) is 10.3. The zero-order valence-electron chi connectivity index (χ0n) is 17.9. The van der Waals surface area contributed by atoms with E-state index < -0.39 is 0 Å². The van der Waals surface area contributed by atoms with Crippen LogP contribution in [0.5, 0.6) is 0 Å².